The summed E-state index contributed by atoms with van der Waals surface area (Å²) in [6, 6.07) is 34.4. The van der Waals surface area contributed by atoms with Gasteiger partial charge in [0.15, 0.2) is 11.6 Å². The molecule has 2 N–H and O–H groups in total. The maximum absolute atomic E-state index is 13.5. The summed E-state index contributed by atoms with van der Waals surface area (Å²) in [4.78, 5) is 70.2. The van der Waals surface area contributed by atoms with Crippen molar-refractivity contribution in [2.45, 2.75) is 31.7 Å². The van der Waals surface area contributed by atoms with Crippen LogP contribution < -0.4 is 20.1 Å². The maximum Gasteiger partial charge on any atom is 0.308 e. The van der Waals surface area contributed by atoms with Crippen LogP contribution in [0, 0.1) is 0 Å². The highest BCUT2D eigenvalue weighted by atomic mass is 16.5. The van der Waals surface area contributed by atoms with E-state index in [1.165, 1.54) is 0 Å². The van der Waals surface area contributed by atoms with E-state index in [0.29, 0.717) is 50.9 Å². The molecule has 1 fully saturated rings. The van der Waals surface area contributed by atoms with E-state index in [2.05, 4.69) is 10.6 Å². The number of amides is 2. The number of nitrogens with one attached hydrogen (secondary N) is 2. The minimum Gasteiger partial charge on any atom is -0.486 e. The van der Waals surface area contributed by atoms with Crippen LogP contribution in [0.15, 0.2) is 121 Å². The van der Waals surface area contributed by atoms with Gasteiger partial charge in [-0.1, -0.05) is 97.1 Å². The molecule has 2 atom stereocenters. The molecule has 4 aromatic carbocycles. The first-order valence-corrected chi connectivity index (χ1v) is 22.9. The lowest BCUT2D eigenvalue weighted by atomic mass is 10.1. The Kier molecular flexibility index (Phi) is 24.8. The number of ether oxygens (including phenoxy) is 8. The monoisotopic (exact) mass is 940 g/mol. The van der Waals surface area contributed by atoms with Crippen molar-refractivity contribution >= 4 is 29.4 Å². The molecule has 4 aromatic rings. The average molecular weight is 941 g/mol. The minimum absolute atomic E-state index is 0.0140. The van der Waals surface area contributed by atoms with E-state index in [1.807, 2.05) is 94.7 Å². The molecule has 1 saturated heterocycles. The fourth-order valence-corrected chi connectivity index (χ4v) is 6.68. The van der Waals surface area contributed by atoms with Gasteiger partial charge in [-0.2, -0.15) is 0 Å². The number of hydrogen-bond donors (Lipinski definition) is 2. The van der Waals surface area contributed by atoms with Crippen LogP contribution in [0.3, 0.4) is 0 Å². The van der Waals surface area contributed by atoms with Crippen molar-refractivity contribution in [2.75, 3.05) is 112 Å². The topological polar surface area (TPSA) is 190 Å². The summed E-state index contributed by atoms with van der Waals surface area (Å²) in [6.07, 6.45) is -0.370. The van der Waals surface area contributed by atoms with Crippen LogP contribution in [0.5, 0.6) is 11.5 Å². The average Bonchev–Trinajstić information content (AvgIpc) is 3.36. The van der Waals surface area contributed by atoms with Crippen molar-refractivity contribution in [3.05, 3.63) is 132 Å². The quantitative estimate of drug-likeness (QED) is 0.109. The predicted octanol–water partition coefficient (Wildman–Crippen LogP) is 3.29. The molecule has 1 heterocycles. The third-order valence-electron chi connectivity index (χ3n) is 10.4. The predicted molar refractivity (Wildman–Crippen MR) is 251 cm³/mol. The normalized spacial score (nSPS) is 15.9. The van der Waals surface area contributed by atoms with Crippen molar-refractivity contribution in [1.82, 2.24) is 20.4 Å². The van der Waals surface area contributed by atoms with E-state index in [9.17, 15) is 24.0 Å². The third kappa shape index (κ3) is 22.2. The van der Waals surface area contributed by atoms with Gasteiger partial charge in [-0.3, -0.25) is 33.8 Å². The molecule has 17 nitrogen and oxygen atoms in total. The summed E-state index contributed by atoms with van der Waals surface area (Å²) in [5.74, 6) is -1.26. The summed E-state index contributed by atoms with van der Waals surface area (Å²) < 4.78 is 46.0. The van der Waals surface area contributed by atoms with Crippen molar-refractivity contribution in [1.29, 1.82) is 0 Å². The molecule has 0 bridgehead atoms. The van der Waals surface area contributed by atoms with Gasteiger partial charge in [0.25, 0.3) is 0 Å². The molecule has 0 saturated carbocycles. The lowest BCUT2D eigenvalue weighted by Gasteiger charge is -2.25. The van der Waals surface area contributed by atoms with Crippen LogP contribution in [-0.2, 0) is 65.6 Å². The number of esters is 1. The molecule has 0 aliphatic carbocycles. The van der Waals surface area contributed by atoms with Gasteiger partial charge < -0.3 is 48.5 Å². The molecular weight excluding hydrogens is 877 g/mol. The van der Waals surface area contributed by atoms with Gasteiger partial charge in [-0.15, -0.1) is 0 Å². The Bertz CT molecular complexity index is 2030. The van der Waals surface area contributed by atoms with Crippen LogP contribution in [0.25, 0.3) is 0 Å². The number of ketones is 2. The first-order chi connectivity index (χ1) is 33.3. The summed E-state index contributed by atoms with van der Waals surface area (Å²) in [7, 11) is 0. The zero-order chi connectivity index (χ0) is 47.9. The summed E-state index contributed by atoms with van der Waals surface area (Å²) in [5, 5.41) is 5.58. The van der Waals surface area contributed by atoms with Gasteiger partial charge in [0.1, 0.15) is 43.4 Å². The second-order valence-corrected chi connectivity index (χ2v) is 15.7. The molecule has 1 aliphatic rings. The SMILES string of the molecule is O=C(CN1CCOCCOCCN(CC(=O)NC(CC(=O)OCc2ccccc2)C(=O)COc2ccccc2)CCOCCOCC1)NC(COCc1ccccc1)C(=O)COc1ccccc1. The standard InChI is InChI=1S/C51H64N4O13/c56-47(39-66-43-17-9-3-10-18-43)45(33-51(60)68-37-42-15-7-2-8-16-42)52-49(58)34-54-21-25-61-29-31-63-27-23-55(24-28-64-32-30-62-26-22-54)35-50(59)53-46(38-65-36-41-13-5-1-6-14-41)48(57)40-67-44-19-11-4-12-20-44/h1-20,45-46H,21-40H2,(H,52,58)(H,53,59). The Morgan fingerprint density at radius 2 is 0.868 bits per heavy atom. The van der Waals surface area contributed by atoms with Gasteiger partial charge in [0, 0.05) is 26.2 Å². The van der Waals surface area contributed by atoms with Crippen LogP contribution in [0.1, 0.15) is 17.5 Å². The summed E-state index contributed by atoms with van der Waals surface area (Å²) in [5.41, 5.74) is 1.73. The fraction of sp³-hybridized carbons (Fsp3) is 0.431. The largest absolute Gasteiger partial charge is 0.486 e. The van der Waals surface area contributed by atoms with E-state index in [-0.39, 0.29) is 104 Å². The molecule has 0 radical (unpaired) electrons. The lowest BCUT2D eigenvalue weighted by Crippen LogP contribution is -2.50. The number of benzene rings is 4. The lowest BCUT2D eigenvalue weighted by molar-refractivity contribution is -0.147. The highest BCUT2D eigenvalue weighted by Crippen LogP contribution is 2.11. The molecule has 0 spiro atoms. The van der Waals surface area contributed by atoms with Crippen molar-refractivity contribution in [2.24, 2.45) is 0 Å². The van der Waals surface area contributed by atoms with Crippen molar-refractivity contribution in [3.8, 4) is 11.5 Å². The third-order valence-corrected chi connectivity index (χ3v) is 10.4. The zero-order valence-corrected chi connectivity index (χ0v) is 38.5. The molecule has 2 unspecified atom stereocenters. The Labute approximate surface area is 398 Å². The van der Waals surface area contributed by atoms with Crippen LogP contribution in [-0.4, -0.2) is 163 Å². The van der Waals surface area contributed by atoms with E-state index in [4.69, 9.17) is 37.9 Å². The van der Waals surface area contributed by atoms with Crippen molar-refractivity contribution in [3.63, 3.8) is 0 Å². The van der Waals surface area contributed by atoms with Crippen LogP contribution >= 0.6 is 0 Å². The molecule has 0 aromatic heterocycles. The number of rotatable bonds is 22. The molecular formula is C51H64N4O13. The van der Waals surface area contributed by atoms with Gasteiger partial charge in [-0.05, 0) is 35.4 Å². The molecule has 1 aliphatic heterocycles. The number of carbonyl (C=O) groups is 5. The smallest absolute Gasteiger partial charge is 0.308 e. The second-order valence-electron chi connectivity index (χ2n) is 15.7. The highest BCUT2D eigenvalue weighted by molar-refractivity contribution is 5.93. The number of carbonyl (C=O) groups excluding carboxylic acids is 5. The zero-order valence-electron chi connectivity index (χ0n) is 38.5. The van der Waals surface area contributed by atoms with Crippen LogP contribution in [0.2, 0.25) is 0 Å². The first kappa shape index (κ1) is 52.9. The molecule has 2 amide bonds. The Hall–Kier alpha value is -6.05. The van der Waals surface area contributed by atoms with Gasteiger partial charge >= 0.3 is 5.97 Å². The number of Topliss-reactive ketones (excluding diaryl/α,β-unsaturated/α-hetero) is 2. The van der Waals surface area contributed by atoms with Gasteiger partial charge in [0.2, 0.25) is 11.8 Å². The van der Waals surface area contributed by atoms with E-state index < -0.39 is 29.7 Å². The number of para-hydroxylation sites is 2. The van der Waals surface area contributed by atoms with Gasteiger partial charge in [0.05, 0.1) is 85.6 Å². The molecule has 5 rings (SSSR count). The summed E-state index contributed by atoms with van der Waals surface area (Å²) >= 11 is 0. The number of hydrogen-bond acceptors (Lipinski definition) is 15. The van der Waals surface area contributed by atoms with E-state index in [0.717, 1.165) is 11.1 Å². The first-order valence-electron chi connectivity index (χ1n) is 22.9. The van der Waals surface area contributed by atoms with E-state index >= 15 is 0 Å². The summed E-state index contributed by atoms with van der Waals surface area (Å²) in [6.45, 7) is 3.38. The second kappa shape index (κ2) is 31.8. The molecule has 17 heteroatoms. The van der Waals surface area contributed by atoms with Crippen LogP contribution in [0.4, 0.5) is 0 Å². The Balaban J connectivity index is 1.07. The molecule has 68 heavy (non-hydrogen) atoms. The van der Waals surface area contributed by atoms with Gasteiger partial charge in [-0.25, -0.2) is 0 Å². The van der Waals surface area contributed by atoms with Crippen molar-refractivity contribution < 1.29 is 61.9 Å². The Morgan fingerprint density at radius 1 is 0.485 bits per heavy atom. The minimum atomic E-state index is -1.18. The van der Waals surface area contributed by atoms with E-state index in [1.54, 1.807) is 36.4 Å². The number of nitrogens with zero attached hydrogens (tertiary/aromatic N) is 2. The highest BCUT2D eigenvalue weighted by Gasteiger charge is 2.27. The fourth-order valence-electron chi connectivity index (χ4n) is 6.68. The maximum atomic E-state index is 13.5. The Morgan fingerprint density at radius 3 is 1.31 bits per heavy atom. The molecule has 366 valence electrons.